The fraction of sp³-hybridized carbons (Fsp3) is 0.417. The largest absolute Gasteiger partial charge is 0.480 e. The summed E-state index contributed by atoms with van der Waals surface area (Å²) < 4.78 is 38.1. The third-order valence-corrected chi connectivity index (χ3v) is 3.58. The number of aromatic nitrogens is 1. The Balaban J connectivity index is 2.47. The molecule has 10 nitrogen and oxygen atoms in total. The predicted molar refractivity (Wildman–Crippen MR) is 74.3 cm³/mol. The molecule has 1 amide bonds. The van der Waals surface area contributed by atoms with E-state index >= 15 is 0 Å². The molecule has 2 rings (SSSR count). The first-order valence-corrected chi connectivity index (χ1v) is 6.71. The summed E-state index contributed by atoms with van der Waals surface area (Å²) in [6.07, 6.45) is -5.87. The summed E-state index contributed by atoms with van der Waals surface area (Å²) in [5.41, 5.74) is -2.36. The molecule has 1 atom stereocenters. The number of aliphatic carboxylic acids is 1. The number of halogens is 3. The lowest BCUT2D eigenvalue weighted by Crippen LogP contribution is -2.58. The van der Waals surface area contributed by atoms with Crippen LogP contribution in [-0.2, 0) is 11.0 Å². The molecule has 13 heteroatoms. The molecule has 1 saturated heterocycles. The summed E-state index contributed by atoms with van der Waals surface area (Å²) in [6.45, 7) is -0.966. The van der Waals surface area contributed by atoms with E-state index in [9.17, 15) is 38.0 Å². The Morgan fingerprint density at radius 3 is 2.44 bits per heavy atom. The van der Waals surface area contributed by atoms with E-state index in [1.165, 1.54) is 0 Å². The first kappa shape index (κ1) is 18.2. The van der Waals surface area contributed by atoms with E-state index in [1.807, 2.05) is 0 Å². The molecule has 0 spiro atoms. The van der Waals surface area contributed by atoms with E-state index in [0.29, 0.717) is 6.20 Å². The average Bonchev–Trinajstić information content (AvgIpc) is 2.52. The van der Waals surface area contributed by atoms with Gasteiger partial charge in [-0.2, -0.15) is 13.2 Å². The van der Waals surface area contributed by atoms with Gasteiger partial charge in [0.05, 0.1) is 17.0 Å². The van der Waals surface area contributed by atoms with Gasteiger partial charge < -0.3 is 20.0 Å². The van der Waals surface area contributed by atoms with Gasteiger partial charge in [-0.1, -0.05) is 0 Å². The monoisotopic (exact) mass is 364 g/mol. The first-order valence-electron chi connectivity index (χ1n) is 6.71. The highest BCUT2D eigenvalue weighted by molar-refractivity contribution is 5.81. The number of carboxylic acid groups (broad SMARTS) is 2. The van der Waals surface area contributed by atoms with Crippen LogP contribution in [0.5, 0.6) is 0 Å². The van der Waals surface area contributed by atoms with Crippen LogP contribution in [0, 0.1) is 10.1 Å². The van der Waals surface area contributed by atoms with Gasteiger partial charge in [-0.05, 0) is 0 Å². The third kappa shape index (κ3) is 3.70. The van der Waals surface area contributed by atoms with Crippen LogP contribution < -0.4 is 4.90 Å². The third-order valence-electron chi connectivity index (χ3n) is 3.58. The molecule has 25 heavy (non-hydrogen) atoms. The number of alkyl halides is 3. The standard InChI is InChI=1S/C12H11F3N4O6/c13-12(14,15)6-3-7(19(24)25)9(16-4-6)18-2-1-17(11(22)23)5-8(18)10(20)21/h3-4,8H,1-2,5H2,(H,20,21)(H,22,23). The molecule has 1 fully saturated rings. The SMILES string of the molecule is O=C(O)C1CN(C(=O)O)CCN1c1ncc(C(F)(F)F)cc1[N+](=O)[O-]. The highest BCUT2D eigenvalue weighted by atomic mass is 19.4. The van der Waals surface area contributed by atoms with Crippen molar-refractivity contribution in [1.82, 2.24) is 9.88 Å². The van der Waals surface area contributed by atoms with Gasteiger partial charge in [0, 0.05) is 25.4 Å². The zero-order valence-corrected chi connectivity index (χ0v) is 12.3. The molecule has 0 radical (unpaired) electrons. The van der Waals surface area contributed by atoms with Crippen molar-refractivity contribution in [2.24, 2.45) is 0 Å². The highest BCUT2D eigenvalue weighted by Gasteiger charge is 2.40. The van der Waals surface area contributed by atoms with Crippen LogP contribution in [0.4, 0.5) is 29.5 Å². The Labute approximate surface area is 137 Å². The summed E-state index contributed by atoms with van der Waals surface area (Å²) in [5, 5.41) is 29.3. The second kappa shape index (κ2) is 6.41. The number of rotatable bonds is 3. The van der Waals surface area contributed by atoms with Crippen LogP contribution in [0.1, 0.15) is 5.56 Å². The Hall–Kier alpha value is -3.12. The van der Waals surface area contributed by atoms with Crippen molar-refractivity contribution >= 4 is 23.6 Å². The minimum absolute atomic E-state index is 0.182. The molecule has 2 heterocycles. The summed E-state index contributed by atoms with van der Waals surface area (Å²) in [5.74, 6) is -2.04. The van der Waals surface area contributed by atoms with E-state index in [4.69, 9.17) is 5.11 Å². The van der Waals surface area contributed by atoms with Gasteiger partial charge in [-0.25, -0.2) is 14.6 Å². The number of hydrogen-bond donors (Lipinski definition) is 2. The number of piperazine rings is 1. The van der Waals surface area contributed by atoms with Crippen molar-refractivity contribution in [2.45, 2.75) is 12.2 Å². The van der Waals surface area contributed by atoms with Crippen molar-refractivity contribution in [3.63, 3.8) is 0 Å². The summed E-state index contributed by atoms with van der Waals surface area (Å²) in [7, 11) is 0. The quantitative estimate of drug-likeness (QED) is 0.604. The number of nitrogens with zero attached hydrogens (tertiary/aromatic N) is 4. The van der Waals surface area contributed by atoms with Gasteiger partial charge in [0.15, 0.2) is 0 Å². The molecule has 0 bridgehead atoms. The Morgan fingerprint density at radius 2 is 1.96 bits per heavy atom. The molecule has 2 N–H and O–H groups in total. The lowest BCUT2D eigenvalue weighted by molar-refractivity contribution is -0.384. The van der Waals surface area contributed by atoms with Gasteiger partial charge in [0.1, 0.15) is 6.04 Å². The summed E-state index contributed by atoms with van der Waals surface area (Å²) in [4.78, 5) is 37.5. The molecule has 1 aromatic rings. The average molecular weight is 364 g/mol. The van der Waals surface area contributed by atoms with Crippen molar-refractivity contribution in [3.8, 4) is 0 Å². The van der Waals surface area contributed by atoms with E-state index < -0.39 is 52.8 Å². The van der Waals surface area contributed by atoms with Gasteiger partial charge >= 0.3 is 23.9 Å². The fourth-order valence-electron chi connectivity index (χ4n) is 2.38. The van der Waals surface area contributed by atoms with Crippen LogP contribution in [0.2, 0.25) is 0 Å². The van der Waals surface area contributed by atoms with Crippen molar-refractivity contribution in [2.75, 3.05) is 24.5 Å². The van der Waals surface area contributed by atoms with Gasteiger partial charge in [0.2, 0.25) is 5.82 Å². The van der Waals surface area contributed by atoms with Crippen molar-refractivity contribution < 1.29 is 37.9 Å². The predicted octanol–water partition coefficient (Wildman–Crippen LogP) is 1.26. The Kier molecular flexibility index (Phi) is 4.67. The van der Waals surface area contributed by atoms with E-state index in [0.717, 1.165) is 9.80 Å². The zero-order chi connectivity index (χ0) is 18.9. The first-order chi connectivity index (χ1) is 11.5. The molecular formula is C12H11F3N4O6. The molecule has 1 aromatic heterocycles. The minimum atomic E-state index is -4.86. The molecule has 0 saturated carbocycles. The van der Waals surface area contributed by atoms with Gasteiger partial charge in [-0.15, -0.1) is 0 Å². The molecule has 1 aliphatic heterocycles. The van der Waals surface area contributed by atoms with Crippen LogP contribution >= 0.6 is 0 Å². The molecule has 136 valence electrons. The Bertz CT molecular complexity index is 725. The van der Waals surface area contributed by atoms with Crippen LogP contribution in [0.25, 0.3) is 0 Å². The normalized spacial score (nSPS) is 18.1. The fourth-order valence-corrected chi connectivity index (χ4v) is 2.38. The van der Waals surface area contributed by atoms with Crippen molar-refractivity contribution in [3.05, 3.63) is 27.9 Å². The second-order valence-electron chi connectivity index (χ2n) is 5.10. The maximum Gasteiger partial charge on any atom is 0.418 e. The number of carbonyl (C=O) groups is 2. The smallest absolute Gasteiger partial charge is 0.418 e. The summed E-state index contributed by atoms with van der Waals surface area (Å²) >= 11 is 0. The number of carboxylic acids is 1. The van der Waals surface area contributed by atoms with Gasteiger partial charge in [0.25, 0.3) is 0 Å². The number of hydrogen-bond acceptors (Lipinski definition) is 6. The van der Waals surface area contributed by atoms with Gasteiger partial charge in [-0.3, -0.25) is 10.1 Å². The molecular weight excluding hydrogens is 353 g/mol. The lowest BCUT2D eigenvalue weighted by atomic mass is 10.1. The number of pyridine rings is 1. The van der Waals surface area contributed by atoms with E-state index in [2.05, 4.69) is 4.98 Å². The van der Waals surface area contributed by atoms with E-state index in [1.54, 1.807) is 0 Å². The van der Waals surface area contributed by atoms with Crippen LogP contribution in [0.15, 0.2) is 12.3 Å². The molecule has 1 aliphatic rings. The highest BCUT2D eigenvalue weighted by Crippen LogP contribution is 2.35. The van der Waals surface area contributed by atoms with Crippen LogP contribution in [0.3, 0.4) is 0 Å². The number of amides is 1. The summed E-state index contributed by atoms with van der Waals surface area (Å²) in [6, 6.07) is -1.25. The number of nitro groups is 1. The second-order valence-corrected chi connectivity index (χ2v) is 5.10. The maximum absolute atomic E-state index is 12.7. The Morgan fingerprint density at radius 1 is 1.32 bits per heavy atom. The maximum atomic E-state index is 12.7. The van der Waals surface area contributed by atoms with Crippen molar-refractivity contribution in [1.29, 1.82) is 0 Å². The zero-order valence-electron chi connectivity index (χ0n) is 12.3. The van der Waals surface area contributed by atoms with E-state index in [-0.39, 0.29) is 19.2 Å². The topological polar surface area (TPSA) is 137 Å². The molecule has 0 aliphatic carbocycles. The van der Waals surface area contributed by atoms with Crippen LogP contribution in [-0.4, -0.2) is 62.8 Å². The number of anilines is 1. The minimum Gasteiger partial charge on any atom is -0.480 e. The molecule has 1 unspecified atom stereocenters. The lowest BCUT2D eigenvalue weighted by Gasteiger charge is -2.38. The molecule has 0 aromatic carbocycles.